The number of rotatable bonds is 0. The molecular weight excluding hydrogens is 108 g/mol. The largest absolute Gasteiger partial charge is 0.418 e. The zero-order valence-corrected chi connectivity index (χ0v) is 3.44. The minimum atomic E-state index is -0.713. The maximum atomic E-state index is 7.41. The van der Waals surface area contributed by atoms with Crippen LogP contribution in [0.3, 0.4) is 0 Å². The summed E-state index contributed by atoms with van der Waals surface area (Å²) in [6, 6.07) is 0. The molecule has 0 aliphatic rings. The van der Waals surface area contributed by atoms with Crippen LogP contribution in [0.15, 0.2) is 0 Å². The molecule has 4 nitrogen and oxygen atoms in total. The summed E-state index contributed by atoms with van der Waals surface area (Å²) in [7, 11) is 0. The molecule has 0 aliphatic heterocycles. The first-order valence-electron chi connectivity index (χ1n) is 0.978. The third kappa shape index (κ3) is 1.89. The smallest absolute Gasteiger partial charge is 0.285 e. The molecule has 0 saturated heterocycles. The summed E-state index contributed by atoms with van der Waals surface area (Å²) in [6.07, 6.45) is 0. The van der Waals surface area contributed by atoms with Crippen molar-refractivity contribution in [2.45, 2.75) is 0 Å². The Morgan fingerprint density at radius 1 is 1.33 bits per heavy atom. The van der Waals surface area contributed by atoms with Gasteiger partial charge < -0.3 is 0 Å². The van der Waals surface area contributed by atoms with E-state index in [1.165, 1.54) is 0 Å². The highest BCUT2D eigenvalue weighted by Crippen LogP contribution is 1.73. The fraction of sp³-hybridized carbons (Fsp3) is 0. The van der Waals surface area contributed by atoms with Crippen molar-refractivity contribution in [2.24, 2.45) is 0 Å². The van der Waals surface area contributed by atoms with E-state index in [9.17, 15) is 0 Å². The van der Waals surface area contributed by atoms with Gasteiger partial charge in [-0.2, -0.15) is 10.5 Å². The van der Waals surface area contributed by atoms with Crippen LogP contribution in [-0.4, -0.2) is 15.8 Å². The van der Waals surface area contributed by atoms with E-state index in [4.69, 9.17) is 10.5 Å². The lowest BCUT2D eigenvalue weighted by Crippen LogP contribution is -1.98. The lowest BCUT2D eigenvalue weighted by molar-refractivity contribution is -0.240. The molecule has 0 heterocycles. The second kappa shape index (κ2) is 2.83. The molecule has 0 radical (unpaired) electrons. The molecule has 0 amide bonds. The summed E-state index contributed by atoms with van der Waals surface area (Å²) in [4.78, 5) is 6.32. The molecule has 2 N–H and O–H groups in total. The SMILES string of the molecule is OOC(=S)OO. The Labute approximate surface area is 38.8 Å². The van der Waals surface area contributed by atoms with Gasteiger partial charge in [0.25, 0.3) is 0 Å². The van der Waals surface area contributed by atoms with Gasteiger partial charge in [0, 0.05) is 12.2 Å². The summed E-state index contributed by atoms with van der Waals surface area (Å²) in [5, 5.41) is 14.1. The fourth-order valence-corrected chi connectivity index (χ4v) is 0.0167. The highest BCUT2D eigenvalue weighted by molar-refractivity contribution is 7.79. The Hall–Kier alpha value is -0.390. The minimum Gasteiger partial charge on any atom is -0.285 e. The average Bonchev–Trinajstić information content (AvgIpc) is 1.65. The quantitative estimate of drug-likeness (QED) is 0.266. The van der Waals surface area contributed by atoms with Crippen molar-refractivity contribution in [2.75, 3.05) is 0 Å². The van der Waals surface area contributed by atoms with Crippen molar-refractivity contribution < 1.29 is 20.3 Å². The summed E-state index contributed by atoms with van der Waals surface area (Å²) in [6.45, 7) is 0. The van der Waals surface area contributed by atoms with Crippen LogP contribution in [0, 0.1) is 0 Å². The van der Waals surface area contributed by atoms with Crippen molar-refractivity contribution >= 4 is 17.5 Å². The molecule has 0 rings (SSSR count). The van der Waals surface area contributed by atoms with E-state index in [1.807, 2.05) is 0 Å². The Bertz CT molecular complexity index is 45.5. The van der Waals surface area contributed by atoms with Crippen LogP contribution in [0.4, 0.5) is 0 Å². The first-order chi connectivity index (χ1) is 2.81. The van der Waals surface area contributed by atoms with Crippen molar-refractivity contribution in [3.63, 3.8) is 0 Å². The van der Waals surface area contributed by atoms with E-state index in [0.717, 1.165) is 0 Å². The Balaban J connectivity index is 2.99. The topological polar surface area (TPSA) is 58.9 Å². The Morgan fingerprint density at radius 2 is 1.67 bits per heavy atom. The van der Waals surface area contributed by atoms with E-state index in [2.05, 4.69) is 22.0 Å². The molecular formula is CH2O4S. The fourth-order valence-electron chi connectivity index (χ4n) is 0.0167. The first kappa shape index (κ1) is 5.61. The van der Waals surface area contributed by atoms with Crippen LogP contribution in [0.5, 0.6) is 0 Å². The van der Waals surface area contributed by atoms with Crippen LogP contribution < -0.4 is 0 Å². The van der Waals surface area contributed by atoms with Crippen LogP contribution in [0.2, 0.25) is 0 Å². The maximum Gasteiger partial charge on any atom is 0.418 e. The number of hydrogen-bond donors (Lipinski definition) is 2. The molecule has 0 aromatic carbocycles. The van der Waals surface area contributed by atoms with Crippen molar-refractivity contribution in [1.82, 2.24) is 0 Å². The molecule has 36 valence electrons. The molecule has 0 bridgehead atoms. The second-order valence-corrected chi connectivity index (χ2v) is 0.766. The van der Waals surface area contributed by atoms with Gasteiger partial charge in [0.15, 0.2) is 0 Å². The van der Waals surface area contributed by atoms with Gasteiger partial charge in [-0.15, -0.1) is 0 Å². The lowest BCUT2D eigenvalue weighted by Gasteiger charge is -1.87. The molecule has 0 aliphatic carbocycles. The van der Waals surface area contributed by atoms with Gasteiger partial charge in [0.2, 0.25) is 0 Å². The van der Waals surface area contributed by atoms with Gasteiger partial charge in [-0.25, -0.2) is 0 Å². The molecule has 0 spiro atoms. The zero-order chi connectivity index (χ0) is 4.99. The third-order valence-corrected chi connectivity index (χ3v) is 0.298. The summed E-state index contributed by atoms with van der Waals surface area (Å²) in [5.74, 6) is 0. The van der Waals surface area contributed by atoms with Crippen molar-refractivity contribution in [3.8, 4) is 0 Å². The molecule has 0 aromatic rings. The summed E-state index contributed by atoms with van der Waals surface area (Å²) < 4.78 is 0. The Kier molecular flexibility index (Phi) is 2.64. The number of thiocarbonyl (C=S) groups is 1. The molecule has 0 aromatic heterocycles. The highest BCUT2D eigenvalue weighted by atomic mass is 32.1. The lowest BCUT2D eigenvalue weighted by atomic mass is 11.5. The van der Waals surface area contributed by atoms with E-state index < -0.39 is 5.24 Å². The summed E-state index contributed by atoms with van der Waals surface area (Å²) in [5.41, 5.74) is 0. The van der Waals surface area contributed by atoms with Crippen LogP contribution in [0.1, 0.15) is 0 Å². The number of hydrogen-bond acceptors (Lipinski definition) is 5. The molecule has 5 heteroatoms. The minimum absolute atomic E-state index is 0.713. The maximum absolute atomic E-state index is 7.41. The molecule has 6 heavy (non-hydrogen) atoms. The van der Waals surface area contributed by atoms with Gasteiger partial charge in [0.1, 0.15) is 0 Å². The second-order valence-electron chi connectivity index (χ2n) is 0.433. The monoisotopic (exact) mass is 110 g/mol. The highest BCUT2D eigenvalue weighted by Gasteiger charge is 1.88. The van der Waals surface area contributed by atoms with Crippen LogP contribution >= 0.6 is 12.2 Å². The predicted molar refractivity (Wildman–Crippen MR) is 20.0 cm³/mol. The van der Waals surface area contributed by atoms with Gasteiger partial charge in [-0.1, -0.05) is 0 Å². The van der Waals surface area contributed by atoms with E-state index in [-0.39, 0.29) is 0 Å². The van der Waals surface area contributed by atoms with E-state index >= 15 is 0 Å². The van der Waals surface area contributed by atoms with Crippen molar-refractivity contribution in [3.05, 3.63) is 0 Å². The first-order valence-corrected chi connectivity index (χ1v) is 1.39. The molecule has 0 unspecified atom stereocenters. The van der Waals surface area contributed by atoms with Crippen LogP contribution in [-0.2, 0) is 9.78 Å². The molecule has 0 fully saturated rings. The van der Waals surface area contributed by atoms with Gasteiger partial charge >= 0.3 is 5.24 Å². The molecule has 0 saturated carbocycles. The summed E-state index contributed by atoms with van der Waals surface area (Å²) >= 11 is 3.91. The third-order valence-electron chi connectivity index (χ3n) is 0.149. The van der Waals surface area contributed by atoms with E-state index in [0.29, 0.717) is 0 Å². The van der Waals surface area contributed by atoms with Crippen LogP contribution in [0.25, 0.3) is 0 Å². The van der Waals surface area contributed by atoms with Gasteiger partial charge in [0.05, 0.1) is 0 Å². The molecule has 0 atom stereocenters. The van der Waals surface area contributed by atoms with Crippen molar-refractivity contribution in [1.29, 1.82) is 0 Å². The zero-order valence-electron chi connectivity index (χ0n) is 2.62. The average molecular weight is 110 g/mol. The van der Waals surface area contributed by atoms with E-state index in [1.54, 1.807) is 0 Å². The standard InChI is InChI=1S/CH2O4S/c2-4-1(6)5-3/h2-3H. The van der Waals surface area contributed by atoms with Gasteiger partial charge in [-0.3, -0.25) is 9.78 Å². The Morgan fingerprint density at radius 3 is 1.67 bits per heavy atom. The normalized spacial score (nSPS) is 7.00. The predicted octanol–water partition coefficient (Wildman–Crippen LogP) is 0.250. The van der Waals surface area contributed by atoms with Gasteiger partial charge in [-0.05, 0) is 0 Å².